The molecule has 0 aliphatic heterocycles. The van der Waals surface area contributed by atoms with E-state index in [-0.39, 0.29) is 85.6 Å². The molecule has 0 rings (SSSR count). The molecule has 0 aliphatic carbocycles. The van der Waals surface area contributed by atoms with Gasteiger partial charge < -0.3 is 0 Å². The molecule has 0 atom stereocenters. The van der Waals surface area contributed by atoms with Gasteiger partial charge in [-0.1, -0.05) is 0 Å². The topological polar surface area (TPSA) is 0 Å². The van der Waals surface area contributed by atoms with Crippen molar-refractivity contribution < 1.29 is 68.3 Å². The molecule has 0 fully saturated rings. The van der Waals surface area contributed by atoms with Gasteiger partial charge in [-0.25, -0.2) is 0 Å². The molecule has 5 heteroatoms. The van der Waals surface area contributed by atoms with Gasteiger partial charge in [0.2, 0.25) is 0 Å². The van der Waals surface area contributed by atoms with Crippen LogP contribution >= 0.6 is 0 Å². The maximum absolute atomic E-state index is 0. The Balaban J connectivity index is 0. The van der Waals surface area contributed by atoms with Gasteiger partial charge in [0.15, 0.2) is 17.4 Å². The molecule has 0 heterocycles. The fourth-order valence-electron chi connectivity index (χ4n) is 0. The standard InChI is InChI=1S/Al.4Cu.3H. The molecule has 4 radical (unpaired) electrons. The van der Waals surface area contributed by atoms with E-state index in [1.165, 1.54) is 0 Å². The van der Waals surface area contributed by atoms with Crippen molar-refractivity contribution in [3.8, 4) is 0 Å². The van der Waals surface area contributed by atoms with Crippen molar-refractivity contribution in [2.24, 2.45) is 0 Å². The zero-order chi connectivity index (χ0) is 0. The minimum Gasteiger partial charge on any atom is 0 e. The van der Waals surface area contributed by atoms with Crippen molar-refractivity contribution >= 4 is 17.4 Å². The summed E-state index contributed by atoms with van der Waals surface area (Å²) in [7, 11) is 0. The van der Waals surface area contributed by atoms with Gasteiger partial charge in [-0.15, -0.1) is 0 Å². The molecule has 0 unspecified atom stereocenters. The fraction of sp³-hybridized carbons (Fsp3) is 0. The molecule has 0 amide bonds. The van der Waals surface area contributed by atoms with Gasteiger partial charge in [0.25, 0.3) is 0 Å². The van der Waals surface area contributed by atoms with Crippen LogP contribution < -0.4 is 0 Å². The van der Waals surface area contributed by atoms with Crippen molar-refractivity contribution in [3.05, 3.63) is 0 Å². The van der Waals surface area contributed by atoms with Crippen LogP contribution in [0.3, 0.4) is 0 Å². The zero-order valence-corrected chi connectivity index (χ0v) is 4.97. The van der Waals surface area contributed by atoms with E-state index in [4.69, 9.17) is 0 Å². The molecule has 0 aromatic carbocycles. The van der Waals surface area contributed by atoms with Gasteiger partial charge in [0, 0.05) is 68.3 Å². The van der Waals surface area contributed by atoms with E-state index < -0.39 is 0 Å². The predicted octanol–water partition coefficient (Wildman–Crippen LogP) is -1.19. The predicted molar refractivity (Wildman–Crippen MR) is 9.94 cm³/mol. The van der Waals surface area contributed by atoms with Gasteiger partial charge in [0.1, 0.15) is 0 Å². The zero-order valence-electron chi connectivity index (χ0n) is 1.21. The third-order valence-corrected chi connectivity index (χ3v) is 0. The summed E-state index contributed by atoms with van der Waals surface area (Å²) in [5, 5.41) is 0. The molecule has 0 nitrogen and oxygen atoms in total. The van der Waals surface area contributed by atoms with Crippen LogP contribution in [0.4, 0.5) is 0 Å². The summed E-state index contributed by atoms with van der Waals surface area (Å²) >= 11 is 0. The van der Waals surface area contributed by atoms with E-state index in [9.17, 15) is 0 Å². The Morgan fingerprint density at radius 2 is 0.400 bits per heavy atom. The molecule has 0 bridgehead atoms. The van der Waals surface area contributed by atoms with Gasteiger partial charge in [-0.3, -0.25) is 0 Å². The SMILES string of the molecule is [AlH3].[Cu].[Cu].[Cu].[Cu]. The van der Waals surface area contributed by atoms with Crippen LogP contribution in [-0.2, 0) is 68.3 Å². The molecule has 50 valence electrons. The summed E-state index contributed by atoms with van der Waals surface area (Å²) in [6, 6.07) is 0. The normalized spacial score (nSPS) is 0. The van der Waals surface area contributed by atoms with Crippen LogP contribution in [0.5, 0.6) is 0 Å². The van der Waals surface area contributed by atoms with Crippen LogP contribution in [-0.4, -0.2) is 17.4 Å². The van der Waals surface area contributed by atoms with Gasteiger partial charge in [0.05, 0.1) is 0 Å². The third kappa shape index (κ3) is 20.6. The van der Waals surface area contributed by atoms with Crippen molar-refractivity contribution in [2.45, 2.75) is 0 Å². The number of rotatable bonds is 0. The molecule has 0 spiro atoms. The van der Waals surface area contributed by atoms with E-state index >= 15 is 0 Å². The third-order valence-electron chi connectivity index (χ3n) is 0. The summed E-state index contributed by atoms with van der Waals surface area (Å²) in [4.78, 5) is 0. The molecule has 0 saturated heterocycles. The van der Waals surface area contributed by atoms with Crippen LogP contribution in [0, 0.1) is 0 Å². The smallest absolute Gasteiger partial charge is 0 e. The Labute approximate surface area is 84.6 Å². The Hall–Kier alpha value is 2.61. The molecule has 0 aromatic heterocycles. The van der Waals surface area contributed by atoms with Crippen molar-refractivity contribution in [2.75, 3.05) is 0 Å². The maximum atomic E-state index is 0. The summed E-state index contributed by atoms with van der Waals surface area (Å²) in [5.41, 5.74) is 0. The summed E-state index contributed by atoms with van der Waals surface area (Å²) < 4.78 is 0. The summed E-state index contributed by atoms with van der Waals surface area (Å²) in [6.07, 6.45) is 0. The molecular weight excluding hydrogens is 281 g/mol. The number of hydrogen-bond donors (Lipinski definition) is 0. The van der Waals surface area contributed by atoms with E-state index in [0.29, 0.717) is 0 Å². The second kappa shape index (κ2) is 30.5. The Morgan fingerprint density at radius 3 is 0.400 bits per heavy atom. The largest absolute Gasteiger partial charge is 0.187 e. The van der Waals surface area contributed by atoms with E-state index in [1.54, 1.807) is 0 Å². The average Bonchev–Trinajstić information content (AvgIpc) is 0. The first-order valence-electron chi connectivity index (χ1n) is 0. The first-order valence-corrected chi connectivity index (χ1v) is 0. The first kappa shape index (κ1) is 48.8. The van der Waals surface area contributed by atoms with Crippen LogP contribution in [0.15, 0.2) is 0 Å². The molecule has 0 N–H and O–H groups in total. The average molecular weight is 284 g/mol. The quantitative estimate of drug-likeness (QED) is 0.491. The van der Waals surface area contributed by atoms with Gasteiger partial charge in [-0.2, -0.15) is 0 Å². The van der Waals surface area contributed by atoms with E-state index in [0.717, 1.165) is 0 Å². The maximum Gasteiger partial charge on any atom is 0.187 e. The Kier molecular flexibility index (Phi) is 298. The monoisotopic (exact) mass is 282 g/mol. The van der Waals surface area contributed by atoms with E-state index in [2.05, 4.69) is 0 Å². The Morgan fingerprint density at radius 1 is 0.400 bits per heavy atom. The minimum atomic E-state index is 0. The molecule has 0 aliphatic rings. The summed E-state index contributed by atoms with van der Waals surface area (Å²) in [6.45, 7) is 0. The molecule has 0 saturated carbocycles. The molecular formula is H3AlCu4. The van der Waals surface area contributed by atoms with Gasteiger partial charge >= 0.3 is 0 Å². The van der Waals surface area contributed by atoms with Crippen LogP contribution in [0.25, 0.3) is 0 Å². The fourth-order valence-corrected chi connectivity index (χ4v) is 0. The summed E-state index contributed by atoms with van der Waals surface area (Å²) in [5.74, 6) is 0. The van der Waals surface area contributed by atoms with Crippen LogP contribution in [0.2, 0.25) is 0 Å². The minimum absolute atomic E-state index is 0. The van der Waals surface area contributed by atoms with Crippen molar-refractivity contribution in [3.63, 3.8) is 0 Å². The van der Waals surface area contributed by atoms with Crippen molar-refractivity contribution in [1.29, 1.82) is 0 Å². The second-order valence-corrected chi connectivity index (χ2v) is 0. The van der Waals surface area contributed by atoms with Crippen molar-refractivity contribution in [1.82, 2.24) is 0 Å². The Bertz CT molecular complexity index is 3.61. The van der Waals surface area contributed by atoms with Crippen LogP contribution in [0.1, 0.15) is 0 Å². The number of hydrogen-bond acceptors (Lipinski definition) is 0. The second-order valence-electron chi connectivity index (χ2n) is 0. The first-order chi connectivity index (χ1) is 0. The van der Waals surface area contributed by atoms with E-state index in [1.807, 2.05) is 0 Å². The molecule has 5 heavy (non-hydrogen) atoms. The molecule has 0 aromatic rings. The van der Waals surface area contributed by atoms with Gasteiger partial charge in [-0.05, 0) is 0 Å².